The Morgan fingerprint density at radius 1 is 0.875 bits per heavy atom. The molecule has 0 bridgehead atoms. The van der Waals surface area contributed by atoms with E-state index in [1.54, 1.807) is 0 Å². The highest BCUT2D eigenvalue weighted by Crippen LogP contribution is 2.23. The average molecular weight is 324 g/mol. The molecule has 0 spiro atoms. The molecule has 4 nitrogen and oxygen atoms in total. The van der Waals surface area contributed by atoms with Gasteiger partial charge in [-0.2, -0.15) is 0 Å². The molecule has 0 atom stereocenters. The van der Waals surface area contributed by atoms with Gasteiger partial charge in [-0.3, -0.25) is 9.59 Å². The van der Waals surface area contributed by atoms with E-state index < -0.39 is 11.8 Å². The number of para-hydroxylation sites is 1. The van der Waals surface area contributed by atoms with E-state index in [4.69, 9.17) is 0 Å². The van der Waals surface area contributed by atoms with Crippen molar-refractivity contribution in [3.8, 4) is 0 Å². The van der Waals surface area contributed by atoms with Gasteiger partial charge in [0.1, 0.15) is 0 Å². The summed E-state index contributed by atoms with van der Waals surface area (Å²) in [7, 11) is 0. The Kier molecular flexibility index (Phi) is 5.74. The number of nitrogens with one attached hydrogen (secondary N) is 2. The van der Waals surface area contributed by atoms with Gasteiger partial charge in [0.05, 0.1) is 0 Å². The van der Waals surface area contributed by atoms with Gasteiger partial charge in [-0.1, -0.05) is 49.7 Å². The molecule has 126 valence electrons. The monoisotopic (exact) mass is 324 g/mol. The minimum atomic E-state index is -0.657. The van der Waals surface area contributed by atoms with Crippen LogP contribution in [0.15, 0.2) is 36.4 Å². The topological polar surface area (TPSA) is 58.2 Å². The smallest absolute Gasteiger partial charge is 0.314 e. The number of carbonyl (C=O) groups excluding carboxylic acids is 2. The summed E-state index contributed by atoms with van der Waals surface area (Å²) in [4.78, 5) is 24.5. The van der Waals surface area contributed by atoms with Crippen molar-refractivity contribution < 1.29 is 9.59 Å². The molecule has 24 heavy (non-hydrogen) atoms. The SMILES string of the molecule is CCc1cccc(CC)c1NC(=O)C(=O)Nc1ccc(C)cc1C. The van der Waals surface area contributed by atoms with E-state index in [9.17, 15) is 9.59 Å². The summed E-state index contributed by atoms with van der Waals surface area (Å²) in [5, 5.41) is 5.46. The highest BCUT2D eigenvalue weighted by molar-refractivity contribution is 6.43. The van der Waals surface area contributed by atoms with Gasteiger partial charge in [0, 0.05) is 11.4 Å². The second-order valence-corrected chi connectivity index (χ2v) is 5.88. The number of amides is 2. The molecule has 2 aromatic carbocycles. The van der Waals surface area contributed by atoms with Crippen LogP contribution < -0.4 is 10.6 Å². The number of anilines is 2. The molecule has 0 aliphatic heterocycles. The zero-order chi connectivity index (χ0) is 17.7. The zero-order valence-electron chi connectivity index (χ0n) is 14.7. The minimum absolute atomic E-state index is 0.648. The fraction of sp³-hybridized carbons (Fsp3) is 0.300. The normalized spacial score (nSPS) is 10.3. The maximum Gasteiger partial charge on any atom is 0.314 e. The lowest BCUT2D eigenvalue weighted by Gasteiger charge is -2.14. The Morgan fingerprint density at radius 3 is 2.00 bits per heavy atom. The summed E-state index contributed by atoms with van der Waals surface area (Å²) in [6.07, 6.45) is 1.59. The lowest BCUT2D eigenvalue weighted by molar-refractivity contribution is -0.133. The van der Waals surface area contributed by atoms with Crippen molar-refractivity contribution in [3.05, 3.63) is 58.7 Å². The third-order valence-electron chi connectivity index (χ3n) is 4.07. The number of hydrogen-bond acceptors (Lipinski definition) is 2. The molecule has 0 saturated heterocycles. The molecular weight excluding hydrogens is 300 g/mol. The first-order valence-electron chi connectivity index (χ1n) is 8.26. The van der Waals surface area contributed by atoms with Crippen LogP contribution in [0.1, 0.15) is 36.1 Å². The van der Waals surface area contributed by atoms with Crippen molar-refractivity contribution >= 4 is 23.2 Å². The molecule has 0 unspecified atom stereocenters. The molecular formula is C20H24N2O2. The fourth-order valence-electron chi connectivity index (χ4n) is 2.71. The molecule has 0 saturated carbocycles. The number of carbonyl (C=O) groups is 2. The van der Waals surface area contributed by atoms with E-state index in [-0.39, 0.29) is 0 Å². The van der Waals surface area contributed by atoms with E-state index >= 15 is 0 Å². The summed E-state index contributed by atoms with van der Waals surface area (Å²) in [5.41, 5.74) is 5.51. The van der Waals surface area contributed by atoms with Crippen LogP contribution in [0.2, 0.25) is 0 Å². The molecule has 0 aliphatic carbocycles. The first kappa shape index (κ1) is 17.7. The summed E-state index contributed by atoms with van der Waals surface area (Å²) < 4.78 is 0. The Morgan fingerprint density at radius 2 is 1.46 bits per heavy atom. The van der Waals surface area contributed by atoms with Gasteiger partial charge in [0.25, 0.3) is 0 Å². The van der Waals surface area contributed by atoms with Crippen molar-refractivity contribution in [2.45, 2.75) is 40.5 Å². The van der Waals surface area contributed by atoms with E-state index in [1.165, 1.54) is 0 Å². The maximum absolute atomic E-state index is 12.3. The van der Waals surface area contributed by atoms with Crippen LogP contribution in [0.4, 0.5) is 11.4 Å². The van der Waals surface area contributed by atoms with Gasteiger partial charge in [-0.05, 0) is 49.4 Å². The Labute approximate surface area is 143 Å². The second-order valence-electron chi connectivity index (χ2n) is 5.88. The molecule has 4 heteroatoms. The van der Waals surface area contributed by atoms with E-state index in [0.29, 0.717) is 5.69 Å². The first-order chi connectivity index (χ1) is 11.5. The van der Waals surface area contributed by atoms with Crippen LogP contribution in [0, 0.1) is 13.8 Å². The standard InChI is InChI=1S/C20H24N2O2/c1-5-15-8-7-9-16(6-2)18(15)22-20(24)19(23)21-17-11-10-13(3)12-14(17)4/h7-12H,5-6H2,1-4H3,(H,21,23)(H,22,24). The third-order valence-corrected chi connectivity index (χ3v) is 4.07. The predicted molar refractivity (Wildman–Crippen MR) is 98.4 cm³/mol. The number of aryl methyl sites for hydroxylation is 4. The molecule has 2 rings (SSSR count). The molecule has 0 aliphatic rings. The number of rotatable bonds is 4. The largest absolute Gasteiger partial charge is 0.318 e. The highest BCUT2D eigenvalue weighted by Gasteiger charge is 2.17. The summed E-state index contributed by atoms with van der Waals surface area (Å²) in [6.45, 7) is 7.95. The van der Waals surface area contributed by atoms with Gasteiger partial charge in [0.2, 0.25) is 0 Å². The van der Waals surface area contributed by atoms with Crippen LogP contribution in [0.3, 0.4) is 0 Å². The molecule has 0 radical (unpaired) electrons. The Bertz CT molecular complexity index is 744. The van der Waals surface area contributed by atoms with Crippen LogP contribution >= 0.6 is 0 Å². The quantitative estimate of drug-likeness (QED) is 0.835. The molecule has 2 N–H and O–H groups in total. The lowest BCUT2D eigenvalue weighted by atomic mass is 10.0. The Hall–Kier alpha value is -2.62. The zero-order valence-corrected chi connectivity index (χ0v) is 14.7. The van der Waals surface area contributed by atoms with Gasteiger partial charge >= 0.3 is 11.8 Å². The fourth-order valence-corrected chi connectivity index (χ4v) is 2.71. The van der Waals surface area contributed by atoms with E-state index in [0.717, 1.165) is 40.8 Å². The summed E-state index contributed by atoms with van der Waals surface area (Å²) in [6, 6.07) is 11.6. The van der Waals surface area contributed by atoms with Gasteiger partial charge in [-0.15, -0.1) is 0 Å². The molecule has 2 amide bonds. The molecule has 0 heterocycles. The Balaban J connectivity index is 2.16. The molecule has 2 aromatic rings. The van der Waals surface area contributed by atoms with Crippen LogP contribution in [0.5, 0.6) is 0 Å². The van der Waals surface area contributed by atoms with Crippen molar-refractivity contribution in [1.29, 1.82) is 0 Å². The number of hydrogen-bond donors (Lipinski definition) is 2. The average Bonchev–Trinajstić information content (AvgIpc) is 2.57. The summed E-state index contributed by atoms with van der Waals surface area (Å²) >= 11 is 0. The first-order valence-corrected chi connectivity index (χ1v) is 8.26. The van der Waals surface area contributed by atoms with Gasteiger partial charge in [-0.25, -0.2) is 0 Å². The van der Waals surface area contributed by atoms with Crippen molar-refractivity contribution in [2.24, 2.45) is 0 Å². The second kappa shape index (κ2) is 7.77. The van der Waals surface area contributed by atoms with Crippen LogP contribution in [0.25, 0.3) is 0 Å². The van der Waals surface area contributed by atoms with E-state index in [2.05, 4.69) is 10.6 Å². The van der Waals surface area contributed by atoms with E-state index in [1.807, 2.05) is 64.1 Å². The summed E-state index contributed by atoms with van der Waals surface area (Å²) in [5.74, 6) is -1.31. The predicted octanol–water partition coefficient (Wildman–Crippen LogP) is 4.01. The number of benzene rings is 2. The van der Waals surface area contributed by atoms with Crippen LogP contribution in [-0.4, -0.2) is 11.8 Å². The maximum atomic E-state index is 12.3. The molecule has 0 aromatic heterocycles. The highest BCUT2D eigenvalue weighted by atomic mass is 16.2. The van der Waals surface area contributed by atoms with Crippen molar-refractivity contribution in [2.75, 3.05) is 10.6 Å². The minimum Gasteiger partial charge on any atom is -0.318 e. The third kappa shape index (κ3) is 4.02. The van der Waals surface area contributed by atoms with Crippen molar-refractivity contribution in [3.63, 3.8) is 0 Å². The van der Waals surface area contributed by atoms with Gasteiger partial charge in [0.15, 0.2) is 0 Å². The van der Waals surface area contributed by atoms with Crippen LogP contribution in [-0.2, 0) is 22.4 Å². The van der Waals surface area contributed by atoms with Gasteiger partial charge < -0.3 is 10.6 Å². The lowest BCUT2D eigenvalue weighted by Crippen LogP contribution is -2.30. The molecule has 0 fully saturated rings. The van der Waals surface area contributed by atoms with Crippen molar-refractivity contribution in [1.82, 2.24) is 0 Å².